The van der Waals surface area contributed by atoms with E-state index in [-0.39, 0.29) is 0 Å². The zero-order valence-electron chi connectivity index (χ0n) is 12.3. The third kappa shape index (κ3) is 5.86. The van der Waals surface area contributed by atoms with Crippen LogP contribution in [0.3, 0.4) is 0 Å². The Balaban J connectivity index is 4.18. The molecule has 16 heavy (non-hydrogen) atoms. The maximum Gasteiger partial charge on any atom is 0.0465 e. The molecule has 2 nitrogen and oxygen atoms in total. The van der Waals surface area contributed by atoms with Crippen molar-refractivity contribution in [3.05, 3.63) is 0 Å². The van der Waals surface area contributed by atoms with E-state index in [9.17, 15) is 0 Å². The fraction of sp³-hybridized carbons (Fsp3) is 1.00. The van der Waals surface area contributed by atoms with Gasteiger partial charge >= 0.3 is 0 Å². The van der Waals surface area contributed by atoms with Crippen molar-refractivity contribution < 1.29 is 4.74 Å². The first-order chi connectivity index (χ1) is 7.32. The molecule has 0 aromatic heterocycles. The molecule has 0 aromatic carbocycles. The van der Waals surface area contributed by atoms with E-state index in [4.69, 9.17) is 4.74 Å². The molecule has 0 aliphatic carbocycles. The molecule has 98 valence electrons. The predicted molar refractivity (Wildman–Crippen MR) is 71.7 cm³/mol. The van der Waals surface area contributed by atoms with Crippen LogP contribution in [-0.4, -0.2) is 26.8 Å². The smallest absolute Gasteiger partial charge is 0.0465 e. The van der Waals surface area contributed by atoms with Gasteiger partial charge < -0.3 is 10.1 Å². The van der Waals surface area contributed by atoms with Crippen LogP contribution in [0.4, 0.5) is 0 Å². The topological polar surface area (TPSA) is 21.3 Å². The van der Waals surface area contributed by atoms with E-state index in [0.717, 1.165) is 18.9 Å². The standard InChI is InChI=1S/C14H31NO/c1-11(8-9-16-7)13(15-6)10-12(2)14(3,4)5/h11-13,15H,8-10H2,1-7H3. The van der Waals surface area contributed by atoms with Crippen LogP contribution >= 0.6 is 0 Å². The monoisotopic (exact) mass is 229 g/mol. The third-order valence-corrected chi connectivity index (χ3v) is 3.92. The first kappa shape index (κ1) is 15.9. The van der Waals surface area contributed by atoms with Gasteiger partial charge in [0, 0.05) is 19.8 Å². The van der Waals surface area contributed by atoms with Crippen LogP contribution in [0.25, 0.3) is 0 Å². The Morgan fingerprint density at radius 1 is 1.19 bits per heavy atom. The van der Waals surface area contributed by atoms with Crippen LogP contribution in [0.2, 0.25) is 0 Å². The highest BCUT2D eigenvalue weighted by Gasteiger charge is 2.25. The zero-order chi connectivity index (χ0) is 12.8. The van der Waals surface area contributed by atoms with E-state index in [1.54, 1.807) is 7.11 Å². The first-order valence-electron chi connectivity index (χ1n) is 6.49. The number of hydrogen-bond acceptors (Lipinski definition) is 2. The molecule has 0 aromatic rings. The van der Waals surface area contributed by atoms with Gasteiger partial charge in [0.05, 0.1) is 0 Å². The van der Waals surface area contributed by atoms with E-state index in [2.05, 4.69) is 47.0 Å². The van der Waals surface area contributed by atoms with Crippen LogP contribution < -0.4 is 5.32 Å². The lowest BCUT2D eigenvalue weighted by molar-refractivity contribution is 0.155. The lowest BCUT2D eigenvalue weighted by Gasteiger charge is -2.33. The van der Waals surface area contributed by atoms with E-state index in [0.29, 0.717) is 17.4 Å². The fourth-order valence-corrected chi connectivity index (χ4v) is 1.87. The molecular formula is C14H31NO. The summed E-state index contributed by atoms with van der Waals surface area (Å²) in [7, 11) is 3.85. The number of rotatable bonds is 7. The Morgan fingerprint density at radius 2 is 1.75 bits per heavy atom. The Morgan fingerprint density at radius 3 is 2.12 bits per heavy atom. The third-order valence-electron chi connectivity index (χ3n) is 3.92. The molecule has 0 fully saturated rings. The van der Waals surface area contributed by atoms with Crippen LogP contribution in [-0.2, 0) is 4.74 Å². The highest BCUT2D eigenvalue weighted by molar-refractivity contribution is 4.79. The normalized spacial score (nSPS) is 18.2. The molecule has 3 atom stereocenters. The van der Waals surface area contributed by atoms with Crippen LogP contribution in [0, 0.1) is 17.3 Å². The lowest BCUT2D eigenvalue weighted by Crippen LogP contribution is -2.36. The molecule has 2 heteroatoms. The van der Waals surface area contributed by atoms with Gasteiger partial charge in [-0.1, -0.05) is 34.6 Å². The molecule has 0 spiro atoms. The van der Waals surface area contributed by atoms with Crippen molar-refractivity contribution in [1.29, 1.82) is 0 Å². The summed E-state index contributed by atoms with van der Waals surface area (Å²) >= 11 is 0. The van der Waals surface area contributed by atoms with Crippen molar-refractivity contribution in [2.75, 3.05) is 20.8 Å². The molecule has 0 heterocycles. The van der Waals surface area contributed by atoms with Gasteiger partial charge in [0.1, 0.15) is 0 Å². The highest BCUT2D eigenvalue weighted by atomic mass is 16.5. The van der Waals surface area contributed by atoms with Crippen molar-refractivity contribution in [2.24, 2.45) is 17.3 Å². The molecule has 0 saturated carbocycles. The van der Waals surface area contributed by atoms with E-state index in [1.807, 2.05) is 0 Å². The number of hydrogen-bond donors (Lipinski definition) is 1. The van der Waals surface area contributed by atoms with Crippen molar-refractivity contribution in [3.8, 4) is 0 Å². The van der Waals surface area contributed by atoms with Crippen molar-refractivity contribution in [2.45, 2.75) is 53.5 Å². The second-order valence-corrected chi connectivity index (χ2v) is 6.16. The maximum absolute atomic E-state index is 5.15. The Kier molecular flexibility index (Phi) is 7.25. The molecular weight excluding hydrogens is 198 g/mol. The molecule has 0 bridgehead atoms. The predicted octanol–water partition coefficient (Wildman–Crippen LogP) is 3.32. The average molecular weight is 229 g/mol. The molecule has 0 rings (SSSR count). The summed E-state index contributed by atoms with van der Waals surface area (Å²) in [6.07, 6.45) is 2.38. The average Bonchev–Trinajstić information content (AvgIpc) is 2.20. The van der Waals surface area contributed by atoms with Gasteiger partial charge in [-0.15, -0.1) is 0 Å². The molecule has 0 aliphatic heterocycles. The minimum atomic E-state index is 0.399. The van der Waals surface area contributed by atoms with Gasteiger partial charge in [0.2, 0.25) is 0 Å². The lowest BCUT2D eigenvalue weighted by atomic mass is 9.76. The SMILES string of the molecule is CNC(CC(C)C(C)(C)C)C(C)CCOC. The van der Waals surface area contributed by atoms with Gasteiger partial charge in [-0.3, -0.25) is 0 Å². The van der Waals surface area contributed by atoms with Crippen LogP contribution in [0.1, 0.15) is 47.5 Å². The van der Waals surface area contributed by atoms with Gasteiger partial charge in [-0.2, -0.15) is 0 Å². The minimum Gasteiger partial charge on any atom is -0.385 e. The van der Waals surface area contributed by atoms with Gasteiger partial charge in [0.15, 0.2) is 0 Å². The Hall–Kier alpha value is -0.0800. The summed E-state index contributed by atoms with van der Waals surface area (Å²) in [4.78, 5) is 0. The molecule has 0 saturated heterocycles. The largest absolute Gasteiger partial charge is 0.385 e. The zero-order valence-corrected chi connectivity index (χ0v) is 12.3. The van der Waals surface area contributed by atoms with E-state index in [1.165, 1.54) is 6.42 Å². The molecule has 3 unspecified atom stereocenters. The summed E-state index contributed by atoms with van der Waals surface area (Å²) in [6.45, 7) is 12.5. The highest BCUT2D eigenvalue weighted by Crippen LogP contribution is 2.30. The van der Waals surface area contributed by atoms with E-state index >= 15 is 0 Å². The molecule has 1 N–H and O–H groups in total. The van der Waals surface area contributed by atoms with Gasteiger partial charge in [-0.25, -0.2) is 0 Å². The van der Waals surface area contributed by atoms with Gasteiger partial charge in [-0.05, 0) is 37.1 Å². The summed E-state index contributed by atoms with van der Waals surface area (Å²) in [6, 6.07) is 0.601. The van der Waals surface area contributed by atoms with Crippen molar-refractivity contribution in [3.63, 3.8) is 0 Å². The molecule has 0 amide bonds. The van der Waals surface area contributed by atoms with Crippen LogP contribution in [0.5, 0.6) is 0 Å². The summed E-state index contributed by atoms with van der Waals surface area (Å²) in [5, 5.41) is 3.46. The molecule has 0 aliphatic rings. The summed E-state index contributed by atoms with van der Waals surface area (Å²) in [5.74, 6) is 1.41. The fourth-order valence-electron chi connectivity index (χ4n) is 1.87. The van der Waals surface area contributed by atoms with E-state index < -0.39 is 0 Å². The first-order valence-corrected chi connectivity index (χ1v) is 6.49. The minimum absolute atomic E-state index is 0.399. The second kappa shape index (κ2) is 7.29. The number of methoxy groups -OCH3 is 1. The van der Waals surface area contributed by atoms with Crippen LogP contribution in [0.15, 0.2) is 0 Å². The van der Waals surface area contributed by atoms with Crippen molar-refractivity contribution in [1.82, 2.24) is 5.32 Å². The number of nitrogens with one attached hydrogen (secondary N) is 1. The second-order valence-electron chi connectivity index (χ2n) is 6.16. The molecule has 0 radical (unpaired) electrons. The Labute approximate surface area is 102 Å². The number of ether oxygens (including phenoxy) is 1. The van der Waals surface area contributed by atoms with Crippen molar-refractivity contribution >= 4 is 0 Å². The Bertz CT molecular complexity index is 174. The van der Waals surface area contributed by atoms with Gasteiger partial charge in [0.25, 0.3) is 0 Å². The quantitative estimate of drug-likeness (QED) is 0.723. The summed E-state index contributed by atoms with van der Waals surface area (Å²) in [5.41, 5.74) is 0.399. The summed E-state index contributed by atoms with van der Waals surface area (Å²) < 4.78 is 5.15. The maximum atomic E-state index is 5.15.